The molecule has 0 aromatic heterocycles. The third kappa shape index (κ3) is 5.63. The molecule has 19 heavy (non-hydrogen) atoms. The molecule has 0 fully saturated rings. The van der Waals surface area contributed by atoms with E-state index in [0.29, 0.717) is 28.1 Å². The number of ether oxygens (including phenoxy) is 1. The van der Waals surface area contributed by atoms with Gasteiger partial charge >= 0.3 is 0 Å². The van der Waals surface area contributed by atoms with Crippen LogP contribution >= 0.6 is 28.6 Å². The van der Waals surface area contributed by atoms with Crippen LogP contribution in [0.3, 0.4) is 0 Å². The van der Waals surface area contributed by atoms with Gasteiger partial charge in [-0.3, -0.25) is 9.59 Å². The van der Waals surface area contributed by atoms with E-state index in [9.17, 15) is 9.59 Å². The molecule has 1 rings (SSSR count). The number of nitrogens with one attached hydrogen (secondary N) is 2. The molecule has 2 amide bonds. The molecular weight excluding hydrogens is 332 g/mol. The number of carbonyl (C=O) groups excluding carboxylic acids is 2. The summed E-state index contributed by atoms with van der Waals surface area (Å²) in [5, 5.41) is 5.15. The normalized spacial score (nSPS) is 10.1. The van der Waals surface area contributed by atoms with Crippen LogP contribution in [0.4, 0.5) is 0 Å². The molecule has 104 valence electrons. The van der Waals surface area contributed by atoms with Gasteiger partial charge < -0.3 is 15.4 Å². The Labute approximate surface area is 125 Å². The summed E-state index contributed by atoms with van der Waals surface area (Å²) in [5.74, 6) is -0.590. The van der Waals surface area contributed by atoms with Crippen molar-refractivity contribution in [2.75, 3.05) is 26.8 Å². The van der Waals surface area contributed by atoms with Crippen LogP contribution in [-0.2, 0) is 9.53 Å². The van der Waals surface area contributed by atoms with Crippen molar-refractivity contribution in [1.29, 1.82) is 0 Å². The van der Waals surface area contributed by atoms with Gasteiger partial charge in [0.25, 0.3) is 5.91 Å². The van der Waals surface area contributed by atoms with Crippen LogP contribution in [0.15, 0.2) is 27.6 Å². The third-order valence-corrected chi connectivity index (χ3v) is 3.20. The molecule has 0 aliphatic rings. The fraction of sp³-hybridized carbons (Fsp3) is 0.333. The molecule has 5 nitrogen and oxygen atoms in total. The Balaban J connectivity index is 2.47. The quantitative estimate of drug-likeness (QED) is 0.536. The molecule has 0 unspecified atom stereocenters. The summed E-state index contributed by atoms with van der Waals surface area (Å²) < 4.78 is 5.45. The molecule has 0 radical (unpaired) electrons. The highest BCUT2D eigenvalue weighted by Crippen LogP contribution is 2.19. The lowest BCUT2D eigenvalue weighted by atomic mass is 10.2. The van der Waals surface area contributed by atoms with Crippen molar-refractivity contribution >= 4 is 40.4 Å². The van der Waals surface area contributed by atoms with E-state index >= 15 is 0 Å². The van der Waals surface area contributed by atoms with Gasteiger partial charge in [-0.05, 0) is 34.1 Å². The van der Waals surface area contributed by atoms with Crippen molar-refractivity contribution in [3.8, 4) is 0 Å². The first-order chi connectivity index (χ1) is 9.04. The molecule has 0 heterocycles. The van der Waals surface area contributed by atoms with Gasteiger partial charge in [-0.2, -0.15) is 0 Å². The highest BCUT2D eigenvalue weighted by atomic mass is 79.9. The average Bonchev–Trinajstić information content (AvgIpc) is 2.39. The SMILES string of the molecule is COCCNC(=O)CNC(=O)c1cc(S)ccc1Br. The maximum atomic E-state index is 11.9. The lowest BCUT2D eigenvalue weighted by Crippen LogP contribution is -2.38. The molecule has 0 aliphatic carbocycles. The summed E-state index contributed by atoms with van der Waals surface area (Å²) in [4.78, 5) is 23.9. The summed E-state index contributed by atoms with van der Waals surface area (Å²) in [5.41, 5.74) is 0.442. The van der Waals surface area contributed by atoms with Crippen molar-refractivity contribution in [2.45, 2.75) is 4.90 Å². The van der Waals surface area contributed by atoms with E-state index in [0.717, 1.165) is 0 Å². The number of rotatable bonds is 6. The summed E-state index contributed by atoms with van der Waals surface area (Å²) in [6.07, 6.45) is 0. The zero-order valence-corrected chi connectivity index (χ0v) is 12.9. The number of methoxy groups -OCH3 is 1. The van der Waals surface area contributed by atoms with Crippen LogP contribution in [0, 0.1) is 0 Å². The minimum Gasteiger partial charge on any atom is -0.383 e. The maximum absolute atomic E-state index is 11.9. The van der Waals surface area contributed by atoms with Crippen molar-refractivity contribution in [2.24, 2.45) is 0 Å². The lowest BCUT2D eigenvalue weighted by Gasteiger charge is -2.08. The monoisotopic (exact) mass is 346 g/mol. The van der Waals surface area contributed by atoms with Gasteiger partial charge in [-0.15, -0.1) is 12.6 Å². The van der Waals surface area contributed by atoms with Gasteiger partial charge in [0.2, 0.25) is 5.91 Å². The highest BCUT2D eigenvalue weighted by Gasteiger charge is 2.11. The molecule has 1 aromatic carbocycles. The average molecular weight is 347 g/mol. The Hall–Kier alpha value is -1.05. The van der Waals surface area contributed by atoms with Crippen molar-refractivity contribution in [3.05, 3.63) is 28.2 Å². The number of benzene rings is 1. The smallest absolute Gasteiger partial charge is 0.252 e. The molecule has 0 spiro atoms. The lowest BCUT2D eigenvalue weighted by molar-refractivity contribution is -0.120. The molecule has 1 aromatic rings. The molecular formula is C12H15BrN2O3S. The second-order valence-corrected chi connectivity index (χ2v) is 5.06. The van der Waals surface area contributed by atoms with E-state index in [1.54, 1.807) is 25.3 Å². The Bertz CT molecular complexity index is 468. The number of hydrogen-bond acceptors (Lipinski definition) is 4. The largest absolute Gasteiger partial charge is 0.383 e. The predicted molar refractivity (Wildman–Crippen MR) is 78.6 cm³/mol. The number of amides is 2. The van der Waals surface area contributed by atoms with E-state index in [1.807, 2.05) is 0 Å². The van der Waals surface area contributed by atoms with Gasteiger partial charge in [0.15, 0.2) is 0 Å². The first-order valence-corrected chi connectivity index (χ1v) is 6.81. The van der Waals surface area contributed by atoms with Crippen LogP contribution in [0.2, 0.25) is 0 Å². The van der Waals surface area contributed by atoms with Crippen LogP contribution in [-0.4, -0.2) is 38.6 Å². The second-order valence-electron chi connectivity index (χ2n) is 3.69. The molecule has 2 N–H and O–H groups in total. The highest BCUT2D eigenvalue weighted by molar-refractivity contribution is 9.10. The summed E-state index contributed by atoms with van der Waals surface area (Å²) in [6.45, 7) is 0.778. The van der Waals surface area contributed by atoms with Gasteiger partial charge in [-0.25, -0.2) is 0 Å². The molecule has 7 heteroatoms. The Morgan fingerprint density at radius 2 is 2.11 bits per heavy atom. The van der Waals surface area contributed by atoms with Crippen LogP contribution in [0.5, 0.6) is 0 Å². The second kappa shape index (κ2) is 8.19. The predicted octanol–water partition coefficient (Wildman–Crippen LogP) is 1.23. The molecule has 0 saturated heterocycles. The fourth-order valence-corrected chi connectivity index (χ4v) is 1.93. The van der Waals surface area contributed by atoms with E-state index in [2.05, 4.69) is 39.2 Å². The minimum absolute atomic E-state index is 0.0776. The van der Waals surface area contributed by atoms with E-state index < -0.39 is 0 Å². The number of hydrogen-bond donors (Lipinski definition) is 3. The number of carbonyl (C=O) groups is 2. The Kier molecular flexibility index (Phi) is 6.90. The first-order valence-electron chi connectivity index (χ1n) is 5.57. The third-order valence-electron chi connectivity index (χ3n) is 2.23. The first kappa shape index (κ1) is 16.0. The summed E-state index contributed by atoms with van der Waals surface area (Å²) >= 11 is 7.44. The van der Waals surface area contributed by atoms with Crippen LogP contribution in [0.25, 0.3) is 0 Å². The van der Waals surface area contributed by atoms with Crippen molar-refractivity contribution < 1.29 is 14.3 Å². The minimum atomic E-state index is -0.329. The van der Waals surface area contributed by atoms with Gasteiger partial charge in [-0.1, -0.05) is 0 Å². The van der Waals surface area contributed by atoms with E-state index in [1.165, 1.54) is 0 Å². The zero-order valence-electron chi connectivity index (χ0n) is 10.4. The Morgan fingerprint density at radius 3 is 2.79 bits per heavy atom. The van der Waals surface area contributed by atoms with Crippen molar-refractivity contribution in [3.63, 3.8) is 0 Å². The Morgan fingerprint density at radius 1 is 1.37 bits per heavy atom. The van der Waals surface area contributed by atoms with Gasteiger partial charge in [0, 0.05) is 23.0 Å². The maximum Gasteiger partial charge on any atom is 0.252 e. The molecule has 0 aliphatic heterocycles. The van der Waals surface area contributed by atoms with Gasteiger partial charge in [0.05, 0.1) is 18.7 Å². The van der Waals surface area contributed by atoms with Gasteiger partial charge in [0.1, 0.15) is 0 Å². The number of thiol groups is 1. The van der Waals surface area contributed by atoms with Crippen molar-refractivity contribution in [1.82, 2.24) is 10.6 Å². The standard InChI is InChI=1S/C12H15BrN2O3S/c1-18-5-4-14-11(16)7-15-12(17)9-6-8(19)2-3-10(9)13/h2-3,6,19H,4-5,7H2,1H3,(H,14,16)(H,15,17). The fourth-order valence-electron chi connectivity index (χ4n) is 1.30. The summed E-state index contributed by atoms with van der Waals surface area (Å²) in [7, 11) is 1.55. The molecule has 0 bridgehead atoms. The molecule has 0 saturated carbocycles. The molecule has 0 atom stereocenters. The van der Waals surface area contributed by atoms with Crippen LogP contribution < -0.4 is 10.6 Å². The van der Waals surface area contributed by atoms with Crippen LogP contribution in [0.1, 0.15) is 10.4 Å². The van der Waals surface area contributed by atoms with E-state index in [-0.39, 0.29) is 18.4 Å². The van der Waals surface area contributed by atoms with E-state index in [4.69, 9.17) is 4.74 Å². The topological polar surface area (TPSA) is 67.4 Å². The zero-order chi connectivity index (χ0) is 14.3. The summed E-state index contributed by atoms with van der Waals surface area (Å²) in [6, 6.07) is 5.13. The number of halogens is 1.